The van der Waals surface area contributed by atoms with Crippen LogP contribution < -0.4 is 10.1 Å². The van der Waals surface area contributed by atoms with Gasteiger partial charge in [-0.3, -0.25) is 9.59 Å². The molecule has 5 nitrogen and oxygen atoms in total. The largest absolute Gasteiger partial charge is 0.481 e. The number of nitrogens with zero attached hydrogens (tertiary/aromatic N) is 1. The Balaban J connectivity index is 1.59. The number of fused-ring (bicyclic) bond motifs is 1. The van der Waals surface area contributed by atoms with Crippen molar-refractivity contribution in [3.05, 3.63) is 94.0 Å². The van der Waals surface area contributed by atoms with E-state index in [0.29, 0.717) is 34.6 Å². The Hall–Kier alpha value is -3.45. The number of anilines is 1. The summed E-state index contributed by atoms with van der Waals surface area (Å²) in [5.41, 5.74) is 1.59. The van der Waals surface area contributed by atoms with Gasteiger partial charge in [0, 0.05) is 35.4 Å². The molecule has 1 heterocycles. The summed E-state index contributed by atoms with van der Waals surface area (Å²) < 4.78 is 32.9. The normalized spacial score (nSPS) is 15.6. The molecule has 1 unspecified atom stereocenters. The Bertz CT molecular complexity index is 1200. The van der Waals surface area contributed by atoms with Crippen LogP contribution >= 0.6 is 11.6 Å². The monoisotopic (exact) mass is 456 g/mol. The van der Waals surface area contributed by atoms with Gasteiger partial charge in [0.2, 0.25) is 0 Å². The molecule has 0 saturated carbocycles. The van der Waals surface area contributed by atoms with Crippen LogP contribution in [0.4, 0.5) is 14.5 Å². The highest BCUT2D eigenvalue weighted by Crippen LogP contribution is 2.30. The van der Waals surface area contributed by atoms with Crippen LogP contribution in [0.5, 0.6) is 5.75 Å². The van der Waals surface area contributed by atoms with Crippen molar-refractivity contribution in [2.24, 2.45) is 0 Å². The molecule has 1 aliphatic heterocycles. The van der Waals surface area contributed by atoms with E-state index in [1.54, 1.807) is 36.1 Å². The lowest BCUT2D eigenvalue weighted by atomic mass is 10.1. The van der Waals surface area contributed by atoms with E-state index in [2.05, 4.69) is 5.32 Å². The van der Waals surface area contributed by atoms with Crippen LogP contribution in [0.3, 0.4) is 0 Å². The SMILES string of the molecule is CC1Oc2ccc(NC(=O)c3ccc(F)cc3F)cc2CN(Cc2ccccc2Cl)C1=O. The minimum absolute atomic E-state index is 0.194. The molecular formula is C24H19ClF2N2O3. The molecule has 0 aromatic heterocycles. The van der Waals surface area contributed by atoms with Gasteiger partial charge in [-0.25, -0.2) is 8.78 Å². The van der Waals surface area contributed by atoms with Crippen LogP contribution in [-0.2, 0) is 17.9 Å². The molecule has 0 aliphatic carbocycles. The van der Waals surface area contributed by atoms with Gasteiger partial charge in [-0.05, 0) is 48.9 Å². The van der Waals surface area contributed by atoms with Crippen molar-refractivity contribution in [3.63, 3.8) is 0 Å². The second kappa shape index (κ2) is 8.96. The van der Waals surface area contributed by atoms with Crippen molar-refractivity contribution in [3.8, 4) is 5.75 Å². The first-order valence-corrected chi connectivity index (χ1v) is 10.3. The minimum Gasteiger partial charge on any atom is -0.481 e. The van der Waals surface area contributed by atoms with Gasteiger partial charge < -0.3 is 15.0 Å². The topological polar surface area (TPSA) is 58.6 Å². The lowest BCUT2D eigenvalue weighted by molar-refractivity contribution is -0.138. The zero-order chi connectivity index (χ0) is 22.8. The third-order valence-electron chi connectivity index (χ3n) is 5.14. The Morgan fingerprint density at radius 2 is 1.94 bits per heavy atom. The van der Waals surface area contributed by atoms with Crippen LogP contribution in [0, 0.1) is 11.6 Å². The van der Waals surface area contributed by atoms with Crippen molar-refractivity contribution in [2.75, 3.05) is 5.32 Å². The summed E-state index contributed by atoms with van der Waals surface area (Å²) in [4.78, 5) is 26.9. The molecule has 1 N–H and O–H groups in total. The van der Waals surface area contributed by atoms with Crippen LogP contribution in [-0.4, -0.2) is 22.8 Å². The van der Waals surface area contributed by atoms with Gasteiger partial charge in [-0.1, -0.05) is 29.8 Å². The summed E-state index contributed by atoms with van der Waals surface area (Å²) in [6, 6.07) is 14.9. The number of hydrogen-bond donors (Lipinski definition) is 1. The molecule has 1 atom stereocenters. The van der Waals surface area contributed by atoms with Crippen LogP contribution in [0.15, 0.2) is 60.7 Å². The van der Waals surface area contributed by atoms with Gasteiger partial charge >= 0.3 is 0 Å². The number of hydrogen-bond acceptors (Lipinski definition) is 3. The molecule has 8 heteroatoms. The quantitative estimate of drug-likeness (QED) is 0.588. The van der Waals surface area contributed by atoms with E-state index in [1.165, 1.54) is 0 Å². The van der Waals surface area contributed by atoms with E-state index in [9.17, 15) is 18.4 Å². The van der Waals surface area contributed by atoms with Crippen molar-refractivity contribution >= 4 is 29.1 Å². The van der Waals surface area contributed by atoms with Gasteiger partial charge in [-0.15, -0.1) is 0 Å². The third-order valence-corrected chi connectivity index (χ3v) is 5.51. The molecule has 1 aliphatic rings. The molecule has 164 valence electrons. The first-order valence-electron chi connectivity index (χ1n) is 9.90. The van der Waals surface area contributed by atoms with Crippen molar-refractivity contribution in [1.29, 1.82) is 0 Å². The molecule has 2 amide bonds. The predicted octanol–water partition coefficient (Wildman–Crippen LogP) is 5.18. The van der Waals surface area contributed by atoms with Gasteiger partial charge in [0.05, 0.1) is 5.56 Å². The molecule has 3 aromatic carbocycles. The Labute approximate surface area is 188 Å². The summed E-state index contributed by atoms with van der Waals surface area (Å²) in [5, 5.41) is 3.16. The fourth-order valence-electron chi connectivity index (χ4n) is 3.52. The number of carbonyl (C=O) groups is 2. The van der Waals surface area contributed by atoms with Gasteiger partial charge in [0.1, 0.15) is 17.4 Å². The number of nitrogens with one attached hydrogen (secondary N) is 1. The van der Waals surface area contributed by atoms with E-state index in [1.807, 2.05) is 18.2 Å². The van der Waals surface area contributed by atoms with Crippen LogP contribution in [0.25, 0.3) is 0 Å². The maximum absolute atomic E-state index is 13.9. The predicted molar refractivity (Wildman–Crippen MR) is 117 cm³/mol. The smallest absolute Gasteiger partial charge is 0.263 e. The number of amides is 2. The molecule has 0 bridgehead atoms. The highest BCUT2D eigenvalue weighted by Gasteiger charge is 2.28. The second-order valence-corrected chi connectivity index (χ2v) is 7.85. The van der Waals surface area contributed by atoms with Crippen LogP contribution in [0.1, 0.15) is 28.4 Å². The molecule has 0 saturated heterocycles. The fourth-order valence-corrected chi connectivity index (χ4v) is 3.71. The summed E-state index contributed by atoms with van der Waals surface area (Å²) >= 11 is 6.26. The van der Waals surface area contributed by atoms with E-state index in [4.69, 9.17) is 16.3 Å². The average Bonchev–Trinajstić information content (AvgIpc) is 2.86. The van der Waals surface area contributed by atoms with Crippen molar-refractivity contribution in [2.45, 2.75) is 26.1 Å². The Kier molecular flexibility index (Phi) is 6.10. The maximum Gasteiger partial charge on any atom is 0.263 e. The highest BCUT2D eigenvalue weighted by molar-refractivity contribution is 6.31. The van der Waals surface area contributed by atoms with Gasteiger partial charge in [0.25, 0.3) is 11.8 Å². The fraction of sp³-hybridized carbons (Fsp3) is 0.167. The van der Waals surface area contributed by atoms with Crippen LogP contribution in [0.2, 0.25) is 5.02 Å². The van der Waals surface area contributed by atoms with E-state index in [0.717, 1.165) is 17.7 Å². The number of rotatable bonds is 4. The lowest BCUT2D eigenvalue weighted by Crippen LogP contribution is -2.37. The first-order chi connectivity index (χ1) is 15.3. The summed E-state index contributed by atoms with van der Waals surface area (Å²) in [6.07, 6.45) is -0.701. The average molecular weight is 457 g/mol. The zero-order valence-electron chi connectivity index (χ0n) is 17.1. The standard InChI is InChI=1S/C24H19ClF2N2O3/c1-14-24(31)29(12-15-4-2-3-5-20(15)25)13-16-10-18(7-9-22(16)32-14)28-23(30)19-8-6-17(26)11-21(19)27/h2-11,14H,12-13H2,1H3,(H,28,30). The zero-order valence-corrected chi connectivity index (χ0v) is 17.8. The molecule has 32 heavy (non-hydrogen) atoms. The molecule has 4 rings (SSSR count). The van der Waals surface area contributed by atoms with E-state index >= 15 is 0 Å². The molecule has 3 aromatic rings. The highest BCUT2D eigenvalue weighted by atomic mass is 35.5. The molecular weight excluding hydrogens is 438 g/mol. The summed E-state index contributed by atoms with van der Waals surface area (Å²) in [7, 11) is 0. The lowest BCUT2D eigenvalue weighted by Gasteiger charge is -2.22. The number of benzene rings is 3. The van der Waals surface area contributed by atoms with E-state index < -0.39 is 23.6 Å². The molecule has 0 spiro atoms. The Morgan fingerprint density at radius 1 is 1.16 bits per heavy atom. The number of halogens is 3. The van der Waals surface area contributed by atoms with Crippen molar-refractivity contribution in [1.82, 2.24) is 4.90 Å². The van der Waals surface area contributed by atoms with Gasteiger partial charge in [0.15, 0.2) is 6.10 Å². The number of carbonyl (C=O) groups excluding carboxylic acids is 2. The van der Waals surface area contributed by atoms with E-state index in [-0.39, 0.29) is 18.0 Å². The molecule has 0 fully saturated rings. The third kappa shape index (κ3) is 4.57. The first kappa shape index (κ1) is 21.8. The number of ether oxygens (including phenoxy) is 1. The summed E-state index contributed by atoms with van der Waals surface area (Å²) in [5.74, 6) is -2.11. The maximum atomic E-state index is 13.9. The second-order valence-electron chi connectivity index (χ2n) is 7.45. The van der Waals surface area contributed by atoms with Gasteiger partial charge in [-0.2, -0.15) is 0 Å². The summed E-state index contributed by atoms with van der Waals surface area (Å²) in [6.45, 7) is 2.20. The van der Waals surface area contributed by atoms with Crippen molar-refractivity contribution < 1.29 is 23.1 Å². The molecule has 0 radical (unpaired) electrons. The minimum atomic E-state index is -0.953. The Morgan fingerprint density at radius 3 is 2.69 bits per heavy atom.